The molecule has 8 nitrogen and oxygen atoms in total. The second-order valence-electron chi connectivity index (χ2n) is 5.66. The van der Waals surface area contributed by atoms with Crippen molar-refractivity contribution in [2.75, 3.05) is 19.7 Å². The normalized spacial score (nSPS) is 14.1. The first kappa shape index (κ1) is 18.0. The van der Waals surface area contributed by atoms with E-state index in [1.165, 1.54) is 10.0 Å². The first-order valence-electron chi connectivity index (χ1n) is 8.16. The van der Waals surface area contributed by atoms with E-state index in [0.29, 0.717) is 43.1 Å². The van der Waals surface area contributed by atoms with Gasteiger partial charge in [0.2, 0.25) is 5.91 Å². The fraction of sp³-hybridized carbons (Fsp3) is 0.625. The van der Waals surface area contributed by atoms with Gasteiger partial charge in [0.05, 0.1) is 12.3 Å². The highest BCUT2D eigenvalue weighted by molar-refractivity contribution is 5.97. The highest BCUT2D eigenvalue weighted by Crippen LogP contribution is 2.21. The number of ether oxygens (including phenoxy) is 1. The molecule has 1 aromatic heterocycles. The minimum atomic E-state index is -0.310. The van der Waals surface area contributed by atoms with Crippen LogP contribution in [0.3, 0.4) is 0 Å². The maximum Gasteiger partial charge on any atom is 0.305 e. The largest absolute Gasteiger partial charge is 0.466 e. The third-order valence-electron chi connectivity index (χ3n) is 3.88. The van der Waals surface area contributed by atoms with Gasteiger partial charge in [0.15, 0.2) is 0 Å². The smallest absolute Gasteiger partial charge is 0.305 e. The van der Waals surface area contributed by atoms with E-state index >= 15 is 0 Å². The fourth-order valence-corrected chi connectivity index (χ4v) is 2.75. The number of nitrogens with zero attached hydrogens (tertiary/aromatic N) is 3. The zero-order chi connectivity index (χ0) is 17.7. The van der Waals surface area contributed by atoms with Gasteiger partial charge in [0.1, 0.15) is 11.3 Å². The Balaban J connectivity index is 1.96. The second kappa shape index (κ2) is 7.94. The van der Waals surface area contributed by atoms with E-state index in [0.717, 1.165) is 6.42 Å². The van der Waals surface area contributed by atoms with Crippen molar-refractivity contribution in [1.29, 1.82) is 0 Å². The molecule has 0 unspecified atom stereocenters. The molecule has 0 aromatic carbocycles. The maximum absolute atomic E-state index is 12.7. The van der Waals surface area contributed by atoms with Crippen LogP contribution in [-0.4, -0.2) is 52.7 Å². The number of rotatable bonds is 6. The van der Waals surface area contributed by atoms with E-state index < -0.39 is 0 Å². The Hall–Kier alpha value is -2.38. The van der Waals surface area contributed by atoms with Crippen LogP contribution >= 0.6 is 0 Å². The molecule has 8 heteroatoms. The van der Waals surface area contributed by atoms with Gasteiger partial charge in [-0.25, -0.2) is 5.01 Å². The summed E-state index contributed by atoms with van der Waals surface area (Å²) in [6.45, 7) is 6.42. The predicted molar refractivity (Wildman–Crippen MR) is 83.8 cm³/mol. The van der Waals surface area contributed by atoms with Gasteiger partial charge >= 0.3 is 5.97 Å². The Bertz CT molecular complexity index is 606. The summed E-state index contributed by atoms with van der Waals surface area (Å²) in [6, 6.07) is 0. The highest BCUT2D eigenvalue weighted by Gasteiger charge is 2.33. The van der Waals surface area contributed by atoms with Gasteiger partial charge in [-0.1, -0.05) is 5.16 Å². The number of hydrogen-bond acceptors (Lipinski definition) is 6. The lowest BCUT2D eigenvalue weighted by Gasteiger charge is -2.27. The Morgan fingerprint density at radius 3 is 2.50 bits per heavy atom. The van der Waals surface area contributed by atoms with Crippen LogP contribution < -0.4 is 0 Å². The van der Waals surface area contributed by atoms with Crippen molar-refractivity contribution < 1.29 is 23.6 Å². The van der Waals surface area contributed by atoms with Gasteiger partial charge in [-0.3, -0.25) is 19.4 Å². The van der Waals surface area contributed by atoms with E-state index in [1.54, 1.807) is 20.8 Å². The van der Waals surface area contributed by atoms with Crippen molar-refractivity contribution in [3.05, 3.63) is 17.0 Å². The molecule has 1 aliphatic heterocycles. The number of carbonyl (C=O) groups is 3. The Morgan fingerprint density at radius 2 is 1.88 bits per heavy atom. The third-order valence-corrected chi connectivity index (χ3v) is 3.88. The zero-order valence-electron chi connectivity index (χ0n) is 14.3. The average molecular weight is 337 g/mol. The van der Waals surface area contributed by atoms with E-state index in [4.69, 9.17) is 9.26 Å². The van der Waals surface area contributed by atoms with Gasteiger partial charge < -0.3 is 9.26 Å². The van der Waals surface area contributed by atoms with Crippen molar-refractivity contribution in [1.82, 2.24) is 15.2 Å². The molecule has 0 N–H and O–H groups in total. The lowest BCUT2D eigenvalue weighted by molar-refractivity contribution is -0.144. The number of carbonyl (C=O) groups excluding carboxylic acids is 3. The number of aryl methyl sites for hydroxylation is 2. The molecule has 1 aromatic rings. The molecule has 0 atom stereocenters. The minimum Gasteiger partial charge on any atom is -0.466 e. The van der Waals surface area contributed by atoms with Crippen LogP contribution in [-0.2, 0) is 14.3 Å². The molecule has 0 radical (unpaired) electrons. The number of amides is 2. The molecule has 0 bridgehead atoms. The van der Waals surface area contributed by atoms with Gasteiger partial charge in [-0.05, 0) is 33.6 Å². The molecular formula is C16H23N3O5. The van der Waals surface area contributed by atoms with Gasteiger partial charge in [-0.2, -0.15) is 0 Å². The number of esters is 1. The average Bonchev–Trinajstić information content (AvgIpc) is 3.14. The quantitative estimate of drug-likeness (QED) is 0.732. The van der Waals surface area contributed by atoms with Crippen molar-refractivity contribution in [2.24, 2.45) is 0 Å². The van der Waals surface area contributed by atoms with Gasteiger partial charge in [0, 0.05) is 25.9 Å². The van der Waals surface area contributed by atoms with Crippen LogP contribution in [0.4, 0.5) is 0 Å². The summed E-state index contributed by atoms with van der Waals surface area (Å²) in [7, 11) is 0. The molecule has 2 heterocycles. The van der Waals surface area contributed by atoms with E-state index in [-0.39, 0.29) is 30.6 Å². The standard InChI is InChI=1S/C16H23N3O5/c1-4-23-14(21)8-5-7-13(20)18-9-6-10-19(18)16(22)15-11(2)17-24-12(15)3/h4-10H2,1-3H3. The summed E-state index contributed by atoms with van der Waals surface area (Å²) in [5, 5.41) is 6.69. The molecule has 1 fully saturated rings. The van der Waals surface area contributed by atoms with E-state index in [2.05, 4.69) is 5.16 Å². The van der Waals surface area contributed by atoms with Crippen molar-refractivity contribution in [3.63, 3.8) is 0 Å². The molecule has 0 aliphatic carbocycles. The summed E-state index contributed by atoms with van der Waals surface area (Å²) < 4.78 is 9.87. The molecule has 132 valence electrons. The number of hydrogen-bond donors (Lipinski definition) is 0. The molecule has 2 amide bonds. The fourth-order valence-electron chi connectivity index (χ4n) is 2.75. The Kier molecular flexibility index (Phi) is 5.94. The van der Waals surface area contributed by atoms with E-state index in [9.17, 15) is 14.4 Å². The van der Waals surface area contributed by atoms with Crippen LogP contribution in [0.5, 0.6) is 0 Å². The van der Waals surface area contributed by atoms with Crippen LogP contribution in [0, 0.1) is 13.8 Å². The van der Waals surface area contributed by atoms with Gasteiger partial charge in [0.25, 0.3) is 5.91 Å². The van der Waals surface area contributed by atoms with Crippen LogP contribution in [0.2, 0.25) is 0 Å². The topological polar surface area (TPSA) is 93.0 Å². The number of hydrazine groups is 1. The molecule has 24 heavy (non-hydrogen) atoms. The summed E-state index contributed by atoms with van der Waals surface area (Å²) in [4.78, 5) is 36.4. The maximum atomic E-state index is 12.7. The minimum absolute atomic E-state index is 0.170. The second-order valence-corrected chi connectivity index (χ2v) is 5.66. The summed E-state index contributed by atoms with van der Waals surface area (Å²) in [6.07, 6.45) is 1.52. The monoisotopic (exact) mass is 337 g/mol. The van der Waals surface area contributed by atoms with Crippen molar-refractivity contribution in [2.45, 2.75) is 46.5 Å². The third kappa shape index (κ3) is 3.93. The van der Waals surface area contributed by atoms with Crippen LogP contribution in [0.1, 0.15) is 54.4 Å². The Labute approximate surface area is 140 Å². The first-order valence-corrected chi connectivity index (χ1v) is 8.16. The molecule has 0 spiro atoms. The lowest BCUT2D eigenvalue weighted by atomic mass is 10.2. The molecule has 0 saturated carbocycles. The molecule has 2 rings (SSSR count). The van der Waals surface area contributed by atoms with Gasteiger partial charge in [-0.15, -0.1) is 0 Å². The van der Waals surface area contributed by atoms with E-state index in [1.807, 2.05) is 0 Å². The first-order chi connectivity index (χ1) is 11.5. The molecular weight excluding hydrogens is 314 g/mol. The van der Waals surface area contributed by atoms with Crippen LogP contribution in [0.25, 0.3) is 0 Å². The van der Waals surface area contributed by atoms with Crippen molar-refractivity contribution >= 4 is 17.8 Å². The lowest BCUT2D eigenvalue weighted by Crippen LogP contribution is -2.45. The van der Waals surface area contributed by atoms with Crippen molar-refractivity contribution in [3.8, 4) is 0 Å². The highest BCUT2D eigenvalue weighted by atomic mass is 16.5. The number of aromatic nitrogens is 1. The SMILES string of the molecule is CCOC(=O)CCCC(=O)N1CCCN1C(=O)c1c(C)noc1C. The molecule has 1 aliphatic rings. The van der Waals surface area contributed by atoms with Crippen LogP contribution in [0.15, 0.2) is 4.52 Å². The summed E-state index contributed by atoms with van der Waals surface area (Å²) in [5.41, 5.74) is 0.917. The Morgan fingerprint density at radius 1 is 1.17 bits per heavy atom. The summed E-state index contributed by atoms with van der Waals surface area (Å²) >= 11 is 0. The predicted octanol–water partition coefficient (Wildman–Crippen LogP) is 1.61. The summed E-state index contributed by atoms with van der Waals surface area (Å²) in [5.74, 6) is -0.311. The molecule has 1 saturated heterocycles. The zero-order valence-corrected chi connectivity index (χ0v) is 14.3.